The van der Waals surface area contributed by atoms with Gasteiger partial charge in [-0.1, -0.05) is 0 Å². The van der Waals surface area contributed by atoms with Gasteiger partial charge < -0.3 is 15.3 Å². The summed E-state index contributed by atoms with van der Waals surface area (Å²) in [6.45, 7) is 0. The van der Waals surface area contributed by atoms with E-state index in [1.165, 1.54) is 0 Å². The van der Waals surface area contributed by atoms with Crippen LogP contribution in [0.25, 0.3) is 0 Å². The Kier molecular flexibility index (Phi) is 3.18. The van der Waals surface area contributed by atoms with Gasteiger partial charge in [-0.2, -0.15) is 11.8 Å². The maximum atomic E-state index is 9.23. The van der Waals surface area contributed by atoms with Crippen LogP contribution in [-0.2, 0) is 0 Å². The van der Waals surface area contributed by atoms with E-state index < -0.39 is 18.3 Å². The fourth-order valence-corrected chi connectivity index (χ4v) is 2.14. The van der Waals surface area contributed by atoms with Crippen molar-refractivity contribution in [2.24, 2.45) is 0 Å². The quantitative estimate of drug-likeness (QED) is 0.511. The Hall–Kier alpha value is 0.230. The maximum absolute atomic E-state index is 9.23. The molecule has 2 atom stereocenters. The van der Waals surface area contributed by atoms with E-state index in [1.54, 1.807) is 11.8 Å². The first-order valence-corrected chi connectivity index (χ1v) is 5.01. The van der Waals surface area contributed by atoms with Crippen LogP contribution in [0.3, 0.4) is 0 Å². The van der Waals surface area contributed by atoms with E-state index in [4.69, 9.17) is 5.11 Å². The van der Waals surface area contributed by atoms with E-state index >= 15 is 0 Å². The molecule has 3 N–H and O–H groups in total. The summed E-state index contributed by atoms with van der Waals surface area (Å²) < 4.78 is 0. The Labute approximate surface area is 70.4 Å². The Morgan fingerprint density at radius 3 is 1.91 bits per heavy atom. The number of aliphatic hydroxyl groups is 3. The molecule has 1 aliphatic carbocycles. The van der Waals surface area contributed by atoms with Crippen LogP contribution < -0.4 is 0 Å². The Morgan fingerprint density at radius 1 is 1.09 bits per heavy atom. The van der Waals surface area contributed by atoms with Crippen LogP contribution >= 0.6 is 11.8 Å². The van der Waals surface area contributed by atoms with E-state index in [2.05, 4.69) is 0 Å². The van der Waals surface area contributed by atoms with Crippen molar-refractivity contribution in [2.75, 3.05) is 6.26 Å². The minimum absolute atomic E-state index is 0.281. The molecule has 0 bridgehead atoms. The molecular weight excluding hydrogens is 164 g/mol. The fourth-order valence-electron chi connectivity index (χ4n) is 1.36. The lowest BCUT2D eigenvalue weighted by atomic mass is 9.92. The first-order valence-electron chi connectivity index (χ1n) is 3.72. The van der Waals surface area contributed by atoms with Crippen molar-refractivity contribution in [3.05, 3.63) is 0 Å². The highest BCUT2D eigenvalue weighted by Gasteiger charge is 2.33. The third-order valence-corrected chi connectivity index (χ3v) is 3.18. The van der Waals surface area contributed by atoms with Crippen molar-refractivity contribution in [3.63, 3.8) is 0 Å². The molecule has 11 heavy (non-hydrogen) atoms. The molecule has 0 heterocycles. The van der Waals surface area contributed by atoms with Gasteiger partial charge in [-0.3, -0.25) is 0 Å². The highest BCUT2D eigenvalue weighted by molar-refractivity contribution is 7.99. The van der Waals surface area contributed by atoms with Gasteiger partial charge in [0, 0.05) is 5.25 Å². The maximum Gasteiger partial charge on any atom is 0.106 e. The molecule has 1 rings (SSSR count). The SMILES string of the molecule is CSC1CC(O)C(O)C(O)C1. The third-order valence-electron chi connectivity index (χ3n) is 2.13. The molecule has 0 radical (unpaired) electrons. The predicted octanol–water partition coefficient (Wildman–Crippen LogP) is -0.405. The van der Waals surface area contributed by atoms with Crippen molar-refractivity contribution in [3.8, 4) is 0 Å². The smallest absolute Gasteiger partial charge is 0.106 e. The van der Waals surface area contributed by atoms with Crippen LogP contribution in [0.4, 0.5) is 0 Å². The topological polar surface area (TPSA) is 60.7 Å². The highest BCUT2D eigenvalue weighted by atomic mass is 32.2. The van der Waals surface area contributed by atoms with Gasteiger partial charge >= 0.3 is 0 Å². The van der Waals surface area contributed by atoms with Gasteiger partial charge in [-0.15, -0.1) is 0 Å². The highest BCUT2D eigenvalue weighted by Crippen LogP contribution is 2.27. The van der Waals surface area contributed by atoms with Crippen LogP contribution in [0.2, 0.25) is 0 Å². The average molecular weight is 178 g/mol. The number of hydrogen-bond donors (Lipinski definition) is 3. The average Bonchev–Trinajstić information content (AvgIpc) is 1.99. The second kappa shape index (κ2) is 3.76. The first-order chi connectivity index (χ1) is 5.15. The van der Waals surface area contributed by atoms with Crippen LogP contribution in [0.15, 0.2) is 0 Å². The van der Waals surface area contributed by atoms with Crippen molar-refractivity contribution in [2.45, 2.75) is 36.4 Å². The molecule has 0 aliphatic heterocycles. The molecule has 66 valence electrons. The standard InChI is InChI=1S/C7H14O3S/c1-11-4-2-5(8)7(10)6(9)3-4/h4-10H,2-3H2,1H3. The second-order valence-corrected chi connectivity index (χ2v) is 4.09. The third kappa shape index (κ3) is 2.08. The van der Waals surface area contributed by atoms with Gasteiger partial charge in [0.1, 0.15) is 6.10 Å². The molecule has 1 aliphatic rings. The van der Waals surface area contributed by atoms with Crippen molar-refractivity contribution in [1.29, 1.82) is 0 Å². The van der Waals surface area contributed by atoms with Gasteiger partial charge in [0.05, 0.1) is 12.2 Å². The van der Waals surface area contributed by atoms with Crippen molar-refractivity contribution >= 4 is 11.8 Å². The number of thioether (sulfide) groups is 1. The number of hydrogen-bond acceptors (Lipinski definition) is 4. The molecule has 0 spiro atoms. The summed E-state index contributed by atoms with van der Waals surface area (Å²) in [5, 5.41) is 27.9. The molecule has 0 amide bonds. The Bertz CT molecular complexity index is 119. The Balaban J connectivity index is 2.47. The van der Waals surface area contributed by atoms with E-state index in [1.807, 2.05) is 6.26 Å². The fraction of sp³-hybridized carbons (Fsp3) is 1.00. The minimum Gasteiger partial charge on any atom is -0.390 e. The summed E-state index contributed by atoms with van der Waals surface area (Å²) in [5.41, 5.74) is 0. The zero-order valence-electron chi connectivity index (χ0n) is 6.47. The Morgan fingerprint density at radius 2 is 1.55 bits per heavy atom. The summed E-state index contributed by atoms with van der Waals surface area (Å²) in [4.78, 5) is 0. The molecule has 4 heteroatoms. The lowest BCUT2D eigenvalue weighted by molar-refractivity contribution is -0.0824. The molecule has 0 saturated heterocycles. The molecule has 1 fully saturated rings. The van der Waals surface area contributed by atoms with Gasteiger partial charge in [0.15, 0.2) is 0 Å². The van der Waals surface area contributed by atoms with Gasteiger partial charge in [0.25, 0.3) is 0 Å². The van der Waals surface area contributed by atoms with E-state index in [0.717, 1.165) is 0 Å². The van der Waals surface area contributed by atoms with E-state index in [-0.39, 0.29) is 5.25 Å². The van der Waals surface area contributed by atoms with Gasteiger partial charge in [0.2, 0.25) is 0 Å². The summed E-state index contributed by atoms with van der Waals surface area (Å²) in [7, 11) is 0. The summed E-state index contributed by atoms with van der Waals surface area (Å²) in [6.07, 6.45) is 0.659. The predicted molar refractivity (Wildman–Crippen MR) is 44.6 cm³/mol. The van der Waals surface area contributed by atoms with Crippen molar-refractivity contribution < 1.29 is 15.3 Å². The molecule has 0 aromatic heterocycles. The lowest BCUT2D eigenvalue weighted by Gasteiger charge is -2.33. The van der Waals surface area contributed by atoms with Gasteiger partial charge in [-0.25, -0.2) is 0 Å². The monoisotopic (exact) mass is 178 g/mol. The molecule has 2 unspecified atom stereocenters. The van der Waals surface area contributed by atoms with Crippen LogP contribution in [0.1, 0.15) is 12.8 Å². The normalized spacial score (nSPS) is 45.8. The molecule has 0 aromatic rings. The summed E-state index contributed by atoms with van der Waals surface area (Å²) in [6, 6.07) is 0. The summed E-state index contributed by atoms with van der Waals surface area (Å²) >= 11 is 1.62. The molecule has 0 aromatic carbocycles. The molecule has 1 saturated carbocycles. The van der Waals surface area contributed by atoms with Crippen LogP contribution in [0, 0.1) is 0 Å². The molecular formula is C7H14O3S. The largest absolute Gasteiger partial charge is 0.390 e. The zero-order valence-corrected chi connectivity index (χ0v) is 7.29. The minimum atomic E-state index is -0.946. The molecule has 3 nitrogen and oxygen atoms in total. The zero-order chi connectivity index (χ0) is 8.43. The number of aliphatic hydroxyl groups excluding tert-OH is 3. The van der Waals surface area contributed by atoms with E-state index in [0.29, 0.717) is 12.8 Å². The number of rotatable bonds is 1. The second-order valence-electron chi connectivity index (χ2n) is 2.95. The van der Waals surface area contributed by atoms with E-state index in [9.17, 15) is 10.2 Å². The first kappa shape index (κ1) is 9.32. The van der Waals surface area contributed by atoms with Crippen molar-refractivity contribution in [1.82, 2.24) is 0 Å². The van der Waals surface area contributed by atoms with Gasteiger partial charge in [-0.05, 0) is 19.1 Å². The lowest BCUT2D eigenvalue weighted by Crippen LogP contribution is -2.45. The summed E-state index contributed by atoms with van der Waals surface area (Å²) in [5.74, 6) is 0. The van der Waals surface area contributed by atoms with Crippen LogP contribution in [0.5, 0.6) is 0 Å². The van der Waals surface area contributed by atoms with Crippen LogP contribution in [-0.4, -0.2) is 45.1 Å².